The molecule has 4 rings (SSSR count). The van der Waals surface area contributed by atoms with Crippen LogP contribution in [-0.2, 0) is 12.8 Å². The van der Waals surface area contributed by atoms with Crippen molar-refractivity contribution in [3.8, 4) is 11.5 Å². The van der Waals surface area contributed by atoms with Crippen molar-refractivity contribution in [2.45, 2.75) is 64.2 Å². The summed E-state index contributed by atoms with van der Waals surface area (Å²) in [7, 11) is 0. The normalized spacial score (nSPS) is 12.4. The molecule has 0 spiro atoms. The Morgan fingerprint density at radius 2 is 1.44 bits per heavy atom. The van der Waals surface area contributed by atoms with E-state index in [4.69, 9.17) is 0 Å². The molecule has 0 aliphatic carbocycles. The Bertz CT molecular complexity index is 1450. The number of pyridine rings is 2. The average Bonchev–Trinajstić information content (AvgIpc) is 2.98. The first kappa shape index (κ1) is 31.5. The molecule has 0 aliphatic heterocycles. The van der Waals surface area contributed by atoms with Crippen molar-refractivity contribution >= 4 is 5.82 Å². The molecule has 11 heteroatoms. The van der Waals surface area contributed by atoms with Crippen molar-refractivity contribution in [2.24, 2.45) is 0 Å². The van der Waals surface area contributed by atoms with Crippen molar-refractivity contribution in [3.05, 3.63) is 119 Å². The lowest BCUT2D eigenvalue weighted by molar-refractivity contribution is -0.605. The van der Waals surface area contributed by atoms with Gasteiger partial charge >= 0.3 is 13.2 Å². The molecule has 0 fully saturated rings. The molecule has 0 amide bonds. The molecule has 0 radical (unpaired) electrons. The van der Waals surface area contributed by atoms with E-state index in [0.29, 0.717) is 34.5 Å². The molecular formula is C32H32F5N3O3. The Morgan fingerprint density at radius 1 is 0.814 bits per heavy atom. The largest absolute Gasteiger partial charge is 0.619 e. The highest BCUT2D eigenvalue weighted by atomic mass is 19.3. The second-order valence-electron chi connectivity index (χ2n) is 10.2. The quantitative estimate of drug-likeness (QED) is 0.0914. The molecule has 1 atom stereocenters. The number of nitrogens with zero attached hydrogens (tertiary/aromatic N) is 2. The highest BCUT2D eigenvalue weighted by Gasteiger charge is 2.27. The van der Waals surface area contributed by atoms with E-state index in [1.165, 1.54) is 42.7 Å². The van der Waals surface area contributed by atoms with Crippen molar-refractivity contribution in [1.82, 2.24) is 4.98 Å². The fraction of sp³-hybridized carbons (Fsp3) is 0.312. The summed E-state index contributed by atoms with van der Waals surface area (Å²) in [5.41, 5.74) is 2.63. The van der Waals surface area contributed by atoms with E-state index in [1.54, 1.807) is 30.5 Å². The summed E-state index contributed by atoms with van der Waals surface area (Å²) in [6, 6.07) is 17.3. The maximum atomic E-state index is 13.4. The van der Waals surface area contributed by atoms with E-state index < -0.39 is 30.6 Å². The Labute approximate surface area is 246 Å². The Morgan fingerprint density at radius 3 is 2.02 bits per heavy atom. The number of rotatable bonds is 14. The number of ether oxygens (including phenoxy) is 2. The van der Waals surface area contributed by atoms with Crippen LogP contribution in [0.3, 0.4) is 0 Å². The Balaban J connectivity index is 1.66. The van der Waals surface area contributed by atoms with Crippen LogP contribution in [-0.4, -0.2) is 23.7 Å². The van der Waals surface area contributed by atoms with E-state index >= 15 is 0 Å². The topological polar surface area (TPSA) is 70.3 Å². The third kappa shape index (κ3) is 8.56. The summed E-state index contributed by atoms with van der Waals surface area (Å²) in [4.78, 5) is 4.64. The van der Waals surface area contributed by atoms with Gasteiger partial charge in [0.05, 0.1) is 0 Å². The van der Waals surface area contributed by atoms with Crippen LogP contribution in [0, 0.1) is 11.0 Å². The number of alkyl halides is 4. The van der Waals surface area contributed by atoms with Gasteiger partial charge in [0.2, 0.25) is 0 Å². The highest BCUT2D eigenvalue weighted by Crippen LogP contribution is 2.37. The summed E-state index contributed by atoms with van der Waals surface area (Å²) in [6.45, 7) is -2.35. The molecule has 1 N–H and O–H groups in total. The minimum atomic E-state index is -3.25. The molecule has 0 aliphatic rings. The van der Waals surface area contributed by atoms with Gasteiger partial charge in [-0.1, -0.05) is 38.1 Å². The minimum Gasteiger partial charge on any atom is -0.619 e. The molecule has 43 heavy (non-hydrogen) atoms. The molecule has 0 bridgehead atoms. The van der Waals surface area contributed by atoms with Gasteiger partial charge in [-0.25, -0.2) is 9.37 Å². The van der Waals surface area contributed by atoms with Crippen LogP contribution >= 0.6 is 0 Å². The molecule has 2 aromatic carbocycles. The summed E-state index contributed by atoms with van der Waals surface area (Å²) >= 11 is 0. The van der Waals surface area contributed by atoms with Crippen molar-refractivity contribution < 1.29 is 36.2 Å². The van der Waals surface area contributed by atoms with Crippen LogP contribution in [0.2, 0.25) is 0 Å². The number of benzene rings is 2. The Kier molecular flexibility index (Phi) is 10.4. The number of hydrogen-bond acceptors (Lipinski definition) is 5. The molecule has 0 saturated heterocycles. The zero-order valence-electron chi connectivity index (χ0n) is 23.7. The predicted molar refractivity (Wildman–Crippen MR) is 152 cm³/mol. The van der Waals surface area contributed by atoms with E-state index in [-0.39, 0.29) is 11.4 Å². The molecule has 2 heterocycles. The second kappa shape index (κ2) is 14.2. The van der Waals surface area contributed by atoms with Gasteiger partial charge in [0.1, 0.15) is 11.6 Å². The van der Waals surface area contributed by atoms with Gasteiger partial charge in [0.15, 0.2) is 23.9 Å². The fourth-order valence-corrected chi connectivity index (χ4v) is 5.04. The maximum Gasteiger partial charge on any atom is 0.387 e. The third-order valence-electron chi connectivity index (χ3n) is 7.50. The molecule has 4 aromatic rings. The number of hydrogen-bond donors (Lipinski definition) is 1. The van der Waals surface area contributed by atoms with Crippen LogP contribution in [0.15, 0.2) is 85.3 Å². The van der Waals surface area contributed by atoms with E-state index in [0.717, 1.165) is 24.0 Å². The standard InChI is InChI=1S/C32H32F5N3O3/c1-3-32(4-2,19-22-5-9-25(33)10-6-22)39-29-12-8-24(20-38-29)26(17-21-13-15-40(41)16-14-21)23-7-11-27(42-30(34)35)28(18-23)43-31(36)37/h5-16,18,20,26,30-31H,3-4,17,19H2,1-2H3,(H,38,39). The summed E-state index contributed by atoms with van der Waals surface area (Å²) in [6.07, 6.45) is 6.91. The molecule has 0 saturated carbocycles. The number of halogens is 5. The smallest absolute Gasteiger partial charge is 0.387 e. The van der Waals surface area contributed by atoms with Gasteiger partial charge in [0.25, 0.3) is 0 Å². The Hall–Kier alpha value is -4.41. The number of nitrogens with one attached hydrogen (secondary N) is 1. The van der Waals surface area contributed by atoms with E-state index in [1.807, 2.05) is 12.1 Å². The molecule has 228 valence electrons. The molecule has 6 nitrogen and oxygen atoms in total. The number of aromatic nitrogens is 2. The van der Waals surface area contributed by atoms with Gasteiger partial charge in [-0.2, -0.15) is 22.3 Å². The number of anilines is 1. The summed E-state index contributed by atoms with van der Waals surface area (Å²) in [5, 5.41) is 15.1. The van der Waals surface area contributed by atoms with Crippen LogP contribution in [0.25, 0.3) is 0 Å². The summed E-state index contributed by atoms with van der Waals surface area (Å²) < 4.78 is 75.1. The first-order valence-corrected chi connectivity index (χ1v) is 13.8. The third-order valence-corrected chi connectivity index (χ3v) is 7.50. The monoisotopic (exact) mass is 601 g/mol. The zero-order valence-corrected chi connectivity index (χ0v) is 23.7. The summed E-state index contributed by atoms with van der Waals surface area (Å²) in [5.74, 6) is -1.19. The van der Waals surface area contributed by atoms with Crippen LogP contribution in [0.5, 0.6) is 11.5 Å². The van der Waals surface area contributed by atoms with Crippen molar-refractivity contribution in [3.63, 3.8) is 0 Å². The average molecular weight is 602 g/mol. The lowest BCUT2D eigenvalue weighted by atomic mass is 9.85. The van der Waals surface area contributed by atoms with Gasteiger partial charge in [-0.3, -0.25) is 0 Å². The SMILES string of the molecule is CCC(CC)(Cc1ccc(F)cc1)Nc1ccc(C(Cc2cc[n+]([O-])cc2)c2ccc(OC(F)F)c(OC(F)F)c2)cn1. The van der Waals surface area contributed by atoms with Crippen LogP contribution < -0.4 is 19.5 Å². The maximum absolute atomic E-state index is 13.4. The van der Waals surface area contributed by atoms with Gasteiger partial charge < -0.3 is 20.0 Å². The first-order valence-electron chi connectivity index (χ1n) is 13.8. The van der Waals surface area contributed by atoms with E-state index in [2.05, 4.69) is 33.6 Å². The molecular weight excluding hydrogens is 569 g/mol. The van der Waals surface area contributed by atoms with Crippen molar-refractivity contribution in [1.29, 1.82) is 0 Å². The van der Waals surface area contributed by atoms with Gasteiger partial charge in [-0.15, -0.1) is 0 Å². The highest BCUT2D eigenvalue weighted by molar-refractivity contribution is 5.48. The molecule has 1 unspecified atom stereocenters. The van der Waals surface area contributed by atoms with Gasteiger partial charge in [-0.05, 0) is 78.3 Å². The van der Waals surface area contributed by atoms with Crippen LogP contribution in [0.4, 0.5) is 27.8 Å². The second-order valence-corrected chi connectivity index (χ2v) is 10.2. The fourth-order valence-electron chi connectivity index (χ4n) is 5.04. The minimum absolute atomic E-state index is 0.297. The van der Waals surface area contributed by atoms with Crippen molar-refractivity contribution in [2.75, 3.05) is 5.32 Å². The first-order chi connectivity index (χ1) is 20.6. The van der Waals surface area contributed by atoms with E-state index in [9.17, 15) is 27.2 Å². The zero-order chi connectivity index (χ0) is 31.0. The molecule has 2 aromatic heterocycles. The lowest BCUT2D eigenvalue weighted by Crippen LogP contribution is -2.39. The van der Waals surface area contributed by atoms with Crippen LogP contribution in [0.1, 0.15) is 54.9 Å². The predicted octanol–water partition coefficient (Wildman–Crippen LogP) is 7.64. The van der Waals surface area contributed by atoms with Gasteiger partial charge in [0, 0.05) is 29.8 Å². The lowest BCUT2D eigenvalue weighted by Gasteiger charge is -2.34.